The van der Waals surface area contributed by atoms with Gasteiger partial charge in [0.15, 0.2) is 9.84 Å². The summed E-state index contributed by atoms with van der Waals surface area (Å²) in [6, 6.07) is 7.88. The second kappa shape index (κ2) is 4.35. The van der Waals surface area contributed by atoms with Gasteiger partial charge in [0.2, 0.25) is 0 Å². The van der Waals surface area contributed by atoms with Crippen molar-refractivity contribution in [1.82, 2.24) is 0 Å². The van der Waals surface area contributed by atoms with E-state index in [4.69, 9.17) is 4.42 Å². The molecule has 0 aliphatic rings. The fourth-order valence-corrected chi connectivity index (χ4v) is 2.21. The third kappa shape index (κ3) is 2.57. The van der Waals surface area contributed by atoms with Crippen molar-refractivity contribution in [3.63, 3.8) is 0 Å². The van der Waals surface area contributed by atoms with Gasteiger partial charge in [0, 0.05) is 11.8 Å². The largest absolute Gasteiger partial charge is 0.472 e. The fourth-order valence-electron chi connectivity index (χ4n) is 1.54. The molecule has 0 fully saturated rings. The van der Waals surface area contributed by atoms with E-state index in [1.807, 2.05) is 0 Å². The normalized spacial score (nSPS) is 13.5. The number of aliphatic hydroxyl groups excluding tert-OH is 1. The van der Waals surface area contributed by atoms with Crippen LogP contribution >= 0.6 is 0 Å². The van der Waals surface area contributed by atoms with Crippen LogP contribution in [0.25, 0.3) is 0 Å². The summed E-state index contributed by atoms with van der Waals surface area (Å²) in [5.41, 5.74) is 1.12. The Morgan fingerprint density at radius 3 is 2.59 bits per heavy atom. The van der Waals surface area contributed by atoms with Gasteiger partial charge in [0.05, 0.1) is 17.4 Å². The SMILES string of the molecule is CS(=O)(=O)c1cccc(C(O)c2ccoc2)c1. The monoisotopic (exact) mass is 252 g/mol. The lowest BCUT2D eigenvalue weighted by Gasteiger charge is -2.09. The zero-order valence-corrected chi connectivity index (χ0v) is 10.0. The van der Waals surface area contributed by atoms with Crippen LogP contribution in [0.15, 0.2) is 52.2 Å². The molecule has 2 rings (SSSR count). The molecule has 5 heteroatoms. The first-order valence-corrected chi connectivity index (χ1v) is 6.88. The summed E-state index contributed by atoms with van der Waals surface area (Å²) in [6.07, 6.45) is 3.14. The van der Waals surface area contributed by atoms with Gasteiger partial charge in [-0.3, -0.25) is 0 Å². The van der Waals surface area contributed by atoms with Crippen molar-refractivity contribution in [2.75, 3.05) is 6.26 Å². The number of sulfone groups is 1. The van der Waals surface area contributed by atoms with Gasteiger partial charge >= 0.3 is 0 Å². The van der Waals surface area contributed by atoms with E-state index >= 15 is 0 Å². The summed E-state index contributed by atoms with van der Waals surface area (Å²) in [7, 11) is -3.26. The van der Waals surface area contributed by atoms with Gasteiger partial charge in [-0.1, -0.05) is 12.1 Å². The summed E-state index contributed by atoms with van der Waals surface area (Å²) in [5.74, 6) is 0. The third-order valence-electron chi connectivity index (χ3n) is 2.46. The lowest BCUT2D eigenvalue weighted by molar-refractivity contribution is 0.219. The average Bonchev–Trinajstić information content (AvgIpc) is 2.80. The second-order valence-electron chi connectivity index (χ2n) is 3.80. The van der Waals surface area contributed by atoms with Gasteiger partial charge in [-0.25, -0.2) is 8.42 Å². The minimum Gasteiger partial charge on any atom is -0.472 e. The molecule has 0 saturated heterocycles. The van der Waals surface area contributed by atoms with Gasteiger partial charge in [0.25, 0.3) is 0 Å². The Labute approximate surface area is 99.4 Å². The van der Waals surface area contributed by atoms with Crippen molar-refractivity contribution in [3.05, 3.63) is 54.0 Å². The first kappa shape index (κ1) is 11.9. The van der Waals surface area contributed by atoms with E-state index in [0.717, 1.165) is 6.26 Å². The number of aliphatic hydroxyl groups is 1. The predicted molar refractivity (Wildman–Crippen MR) is 62.3 cm³/mol. The number of benzene rings is 1. The minimum atomic E-state index is -3.26. The van der Waals surface area contributed by atoms with E-state index in [-0.39, 0.29) is 4.90 Å². The van der Waals surface area contributed by atoms with Crippen LogP contribution < -0.4 is 0 Å². The highest BCUT2D eigenvalue weighted by Crippen LogP contribution is 2.24. The molecule has 1 aromatic carbocycles. The van der Waals surface area contributed by atoms with Crippen molar-refractivity contribution in [2.45, 2.75) is 11.0 Å². The number of rotatable bonds is 3. The standard InChI is InChI=1S/C12H12O4S/c1-17(14,15)11-4-2-3-9(7-11)12(13)10-5-6-16-8-10/h2-8,12-13H,1H3. The minimum absolute atomic E-state index is 0.192. The molecule has 0 amide bonds. The van der Waals surface area contributed by atoms with E-state index in [1.165, 1.54) is 24.7 Å². The van der Waals surface area contributed by atoms with Crippen LogP contribution in [0.2, 0.25) is 0 Å². The summed E-state index contributed by atoms with van der Waals surface area (Å²) >= 11 is 0. The Balaban J connectivity index is 2.41. The molecule has 1 atom stereocenters. The molecule has 1 unspecified atom stereocenters. The van der Waals surface area contributed by atoms with Crippen LogP contribution in [0.5, 0.6) is 0 Å². The van der Waals surface area contributed by atoms with Gasteiger partial charge < -0.3 is 9.52 Å². The zero-order chi connectivity index (χ0) is 12.5. The molecule has 2 aromatic rings. The van der Waals surface area contributed by atoms with Gasteiger partial charge in [0.1, 0.15) is 6.10 Å². The molecule has 0 spiro atoms. The maximum absolute atomic E-state index is 11.4. The molecule has 0 radical (unpaired) electrons. The highest BCUT2D eigenvalue weighted by atomic mass is 32.2. The molecule has 17 heavy (non-hydrogen) atoms. The van der Waals surface area contributed by atoms with Crippen molar-refractivity contribution >= 4 is 9.84 Å². The summed E-state index contributed by atoms with van der Waals surface area (Å²) in [6.45, 7) is 0. The topological polar surface area (TPSA) is 67.5 Å². The summed E-state index contributed by atoms with van der Waals surface area (Å²) in [4.78, 5) is 0.192. The maximum Gasteiger partial charge on any atom is 0.175 e. The first-order chi connectivity index (χ1) is 7.98. The quantitative estimate of drug-likeness (QED) is 0.903. The van der Waals surface area contributed by atoms with Crippen molar-refractivity contribution in [1.29, 1.82) is 0 Å². The lowest BCUT2D eigenvalue weighted by Crippen LogP contribution is -2.02. The first-order valence-electron chi connectivity index (χ1n) is 4.98. The van der Waals surface area contributed by atoms with E-state index in [1.54, 1.807) is 18.2 Å². The Bertz CT molecular complexity index is 599. The van der Waals surface area contributed by atoms with Gasteiger partial charge in [-0.2, -0.15) is 0 Å². The smallest absolute Gasteiger partial charge is 0.175 e. The number of hydrogen-bond acceptors (Lipinski definition) is 4. The van der Waals surface area contributed by atoms with Crippen molar-refractivity contribution < 1.29 is 17.9 Å². The van der Waals surface area contributed by atoms with Crippen LogP contribution in [0.4, 0.5) is 0 Å². The molecular formula is C12H12O4S. The van der Waals surface area contributed by atoms with Crippen LogP contribution in [0, 0.1) is 0 Å². The molecule has 1 aromatic heterocycles. The Morgan fingerprint density at radius 1 is 1.24 bits per heavy atom. The number of furan rings is 1. The highest BCUT2D eigenvalue weighted by molar-refractivity contribution is 7.90. The molecule has 1 heterocycles. The van der Waals surface area contributed by atoms with Crippen LogP contribution in [0.1, 0.15) is 17.2 Å². The van der Waals surface area contributed by atoms with E-state index in [2.05, 4.69) is 0 Å². The predicted octanol–water partition coefficient (Wildman–Crippen LogP) is 1.76. The van der Waals surface area contributed by atoms with Crippen LogP contribution in [0.3, 0.4) is 0 Å². The molecule has 0 aliphatic heterocycles. The van der Waals surface area contributed by atoms with Crippen LogP contribution in [-0.2, 0) is 9.84 Å². The molecule has 1 N–H and O–H groups in total. The Hall–Kier alpha value is -1.59. The molecule has 0 saturated carbocycles. The fraction of sp³-hybridized carbons (Fsp3) is 0.167. The maximum atomic E-state index is 11.4. The highest BCUT2D eigenvalue weighted by Gasteiger charge is 2.14. The molecule has 0 aliphatic carbocycles. The van der Waals surface area contributed by atoms with Crippen LogP contribution in [-0.4, -0.2) is 19.8 Å². The number of hydrogen-bond donors (Lipinski definition) is 1. The summed E-state index contributed by atoms with van der Waals surface area (Å²) in [5, 5.41) is 10.0. The van der Waals surface area contributed by atoms with Crippen molar-refractivity contribution in [2.24, 2.45) is 0 Å². The lowest BCUT2D eigenvalue weighted by atomic mass is 10.0. The molecule has 90 valence electrons. The third-order valence-corrected chi connectivity index (χ3v) is 3.57. The second-order valence-corrected chi connectivity index (χ2v) is 5.82. The van der Waals surface area contributed by atoms with Gasteiger partial charge in [-0.15, -0.1) is 0 Å². The van der Waals surface area contributed by atoms with Crippen molar-refractivity contribution in [3.8, 4) is 0 Å². The van der Waals surface area contributed by atoms with Gasteiger partial charge in [-0.05, 0) is 23.8 Å². The zero-order valence-electron chi connectivity index (χ0n) is 9.20. The molecular weight excluding hydrogens is 240 g/mol. The van der Waals surface area contributed by atoms with E-state index in [0.29, 0.717) is 11.1 Å². The molecule has 0 bridgehead atoms. The Morgan fingerprint density at radius 2 is 2.00 bits per heavy atom. The van der Waals surface area contributed by atoms with E-state index in [9.17, 15) is 13.5 Å². The Kier molecular flexibility index (Phi) is 3.04. The van der Waals surface area contributed by atoms with E-state index < -0.39 is 15.9 Å². The summed E-state index contributed by atoms with van der Waals surface area (Å²) < 4.78 is 27.7. The average molecular weight is 252 g/mol. The molecule has 4 nitrogen and oxygen atoms in total.